The van der Waals surface area contributed by atoms with Crippen LogP contribution in [0.5, 0.6) is 0 Å². The number of alkyl halides is 4. The minimum atomic E-state index is -4.52. The number of hydrogen-bond donors (Lipinski definition) is 0. The van der Waals surface area contributed by atoms with Crippen LogP contribution in [0, 0.1) is 12.1 Å². The number of halogens is 5. The second kappa shape index (κ2) is 2.67. The van der Waals surface area contributed by atoms with E-state index < -0.39 is 12.3 Å². The Morgan fingerprint density at radius 3 is 1.78 bits per heavy atom. The average molecular weight is 144 g/mol. The lowest BCUT2D eigenvalue weighted by molar-refractivity contribution is -0.0833. The predicted octanol–water partition coefficient (Wildman–Crippen LogP) is 1.82. The Labute approximate surface area is 47.7 Å². The van der Waals surface area contributed by atoms with Crippen LogP contribution in [0.15, 0.2) is 0 Å². The Hall–Kier alpha value is -0.790. The first kappa shape index (κ1) is 8.21. The van der Waals surface area contributed by atoms with Crippen molar-refractivity contribution >= 4 is 0 Å². The van der Waals surface area contributed by atoms with Gasteiger partial charge in [0.2, 0.25) is 0 Å². The normalized spacial score (nSPS) is 10.9. The molecule has 0 fully saturated rings. The predicted molar refractivity (Wildman–Crippen MR) is 19.8 cm³/mol. The molecule has 0 amide bonds. The SMILES string of the molecule is FC#CC(F)(F)C(F)F. The largest absolute Gasteiger partial charge is 0.369 e. The molecular weight excluding hydrogens is 143 g/mol. The van der Waals surface area contributed by atoms with Gasteiger partial charge in [-0.2, -0.15) is 8.78 Å². The van der Waals surface area contributed by atoms with E-state index in [0.29, 0.717) is 5.92 Å². The second-order valence-electron chi connectivity index (χ2n) is 1.14. The van der Waals surface area contributed by atoms with Gasteiger partial charge in [-0.25, -0.2) is 8.78 Å². The summed E-state index contributed by atoms with van der Waals surface area (Å²) < 4.78 is 55.4. The van der Waals surface area contributed by atoms with Crippen LogP contribution in [-0.4, -0.2) is 12.3 Å². The summed E-state index contributed by atoms with van der Waals surface area (Å²) in [6.07, 6.45) is -3.72. The van der Waals surface area contributed by atoms with E-state index in [1.54, 1.807) is 0 Å². The molecule has 0 aliphatic heterocycles. The maximum absolute atomic E-state index is 11.4. The molecule has 5 heteroatoms. The van der Waals surface area contributed by atoms with Gasteiger partial charge in [0.1, 0.15) is 6.17 Å². The minimum absolute atomic E-state index is 0.209. The van der Waals surface area contributed by atoms with E-state index in [4.69, 9.17) is 0 Å². The molecule has 0 aromatic carbocycles. The lowest BCUT2D eigenvalue weighted by Crippen LogP contribution is -2.23. The van der Waals surface area contributed by atoms with E-state index in [9.17, 15) is 22.0 Å². The van der Waals surface area contributed by atoms with Gasteiger partial charge < -0.3 is 0 Å². The van der Waals surface area contributed by atoms with Crippen molar-refractivity contribution in [3.63, 3.8) is 0 Å². The molecule has 0 radical (unpaired) electrons. The molecule has 9 heavy (non-hydrogen) atoms. The van der Waals surface area contributed by atoms with Gasteiger partial charge in [0.15, 0.2) is 0 Å². The van der Waals surface area contributed by atoms with Crippen LogP contribution >= 0.6 is 0 Å². The highest BCUT2D eigenvalue weighted by Crippen LogP contribution is 2.20. The van der Waals surface area contributed by atoms with E-state index in [1.165, 1.54) is 0 Å². The maximum Gasteiger partial charge on any atom is 0.369 e. The highest BCUT2D eigenvalue weighted by atomic mass is 19.3. The summed E-state index contributed by atoms with van der Waals surface area (Å²) in [6, 6.07) is 0. The quantitative estimate of drug-likeness (QED) is 0.389. The van der Waals surface area contributed by atoms with E-state index in [1.807, 2.05) is 0 Å². The fourth-order valence-corrected chi connectivity index (χ4v) is 0.118. The van der Waals surface area contributed by atoms with Crippen LogP contribution in [0.3, 0.4) is 0 Å². The van der Waals surface area contributed by atoms with E-state index >= 15 is 0 Å². The molecule has 0 saturated carbocycles. The van der Waals surface area contributed by atoms with Gasteiger partial charge in [0.05, 0.1) is 0 Å². The first-order valence-corrected chi connectivity index (χ1v) is 1.79. The molecular formula is C4HF5. The van der Waals surface area contributed by atoms with Crippen molar-refractivity contribution in [2.45, 2.75) is 12.3 Å². The molecule has 0 rings (SSSR count). The third kappa shape index (κ3) is 2.31. The first-order valence-electron chi connectivity index (χ1n) is 1.79. The second-order valence-corrected chi connectivity index (χ2v) is 1.14. The number of hydrogen-bond acceptors (Lipinski definition) is 0. The molecule has 52 valence electrons. The summed E-state index contributed by atoms with van der Waals surface area (Å²) >= 11 is 0. The molecule has 0 aromatic rings. The lowest BCUT2D eigenvalue weighted by Gasteiger charge is -2.04. The van der Waals surface area contributed by atoms with Crippen molar-refractivity contribution in [2.75, 3.05) is 0 Å². The Morgan fingerprint density at radius 1 is 1.22 bits per heavy atom. The number of rotatable bonds is 1. The van der Waals surface area contributed by atoms with Crippen molar-refractivity contribution < 1.29 is 22.0 Å². The van der Waals surface area contributed by atoms with Gasteiger partial charge in [0, 0.05) is 5.92 Å². The Balaban J connectivity index is 4.13. The molecule has 0 spiro atoms. The average Bonchev–Trinajstić information content (AvgIpc) is 1.65. The molecule has 0 aliphatic rings. The highest BCUT2D eigenvalue weighted by molar-refractivity contribution is 5.05. The topological polar surface area (TPSA) is 0 Å². The Bertz CT molecular complexity index is 139. The zero-order chi connectivity index (χ0) is 7.49. The van der Waals surface area contributed by atoms with Gasteiger partial charge in [-0.3, -0.25) is 0 Å². The molecule has 0 aliphatic carbocycles. The summed E-state index contributed by atoms with van der Waals surface area (Å²) in [7, 11) is 0. The smallest absolute Gasteiger partial charge is 0.202 e. The summed E-state index contributed by atoms with van der Waals surface area (Å²) in [5.41, 5.74) is 0. The van der Waals surface area contributed by atoms with Gasteiger partial charge in [-0.1, -0.05) is 0 Å². The lowest BCUT2D eigenvalue weighted by atomic mass is 10.4. The van der Waals surface area contributed by atoms with Crippen LogP contribution in [0.4, 0.5) is 22.0 Å². The van der Waals surface area contributed by atoms with Gasteiger partial charge >= 0.3 is 12.3 Å². The van der Waals surface area contributed by atoms with Crippen molar-refractivity contribution in [1.29, 1.82) is 0 Å². The molecule has 0 bridgehead atoms. The van der Waals surface area contributed by atoms with Crippen LogP contribution < -0.4 is 0 Å². The molecule has 0 aromatic heterocycles. The van der Waals surface area contributed by atoms with Gasteiger partial charge in [0.25, 0.3) is 0 Å². The molecule has 0 saturated heterocycles. The van der Waals surface area contributed by atoms with Gasteiger partial charge in [-0.15, -0.1) is 4.39 Å². The molecule has 0 atom stereocenters. The highest BCUT2D eigenvalue weighted by Gasteiger charge is 2.38. The van der Waals surface area contributed by atoms with Crippen LogP contribution in [0.25, 0.3) is 0 Å². The Morgan fingerprint density at radius 2 is 1.67 bits per heavy atom. The van der Waals surface area contributed by atoms with Crippen LogP contribution in [-0.2, 0) is 0 Å². The van der Waals surface area contributed by atoms with Crippen molar-refractivity contribution in [2.24, 2.45) is 0 Å². The van der Waals surface area contributed by atoms with Crippen molar-refractivity contribution in [3.8, 4) is 12.1 Å². The molecule has 0 unspecified atom stereocenters. The zero-order valence-electron chi connectivity index (χ0n) is 3.97. The Kier molecular flexibility index (Phi) is 2.43. The molecule has 0 N–H and O–H groups in total. The van der Waals surface area contributed by atoms with E-state index in [-0.39, 0.29) is 6.17 Å². The van der Waals surface area contributed by atoms with Crippen LogP contribution in [0.2, 0.25) is 0 Å². The summed E-state index contributed by atoms with van der Waals surface area (Å²) in [5, 5.41) is 0. The van der Waals surface area contributed by atoms with E-state index in [2.05, 4.69) is 0 Å². The standard InChI is InChI=1S/C4HF5/c5-2-1-4(8,9)3(6)7/h3H. The van der Waals surface area contributed by atoms with Crippen molar-refractivity contribution in [3.05, 3.63) is 0 Å². The fourth-order valence-electron chi connectivity index (χ4n) is 0.118. The van der Waals surface area contributed by atoms with Crippen molar-refractivity contribution in [1.82, 2.24) is 0 Å². The van der Waals surface area contributed by atoms with Gasteiger partial charge in [-0.05, 0) is 0 Å². The molecule has 0 heterocycles. The summed E-state index contributed by atoms with van der Waals surface area (Å²) in [5.74, 6) is -4.10. The third-order valence-electron chi connectivity index (χ3n) is 0.488. The first-order chi connectivity index (χ1) is 4.00. The maximum atomic E-state index is 11.4. The van der Waals surface area contributed by atoms with E-state index in [0.717, 1.165) is 0 Å². The minimum Gasteiger partial charge on any atom is -0.202 e. The monoisotopic (exact) mass is 144 g/mol. The zero-order valence-corrected chi connectivity index (χ0v) is 3.97. The fraction of sp³-hybridized carbons (Fsp3) is 0.500. The third-order valence-corrected chi connectivity index (χ3v) is 0.488. The summed E-state index contributed by atoms with van der Waals surface area (Å²) in [6.45, 7) is 0. The summed E-state index contributed by atoms with van der Waals surface area (Å²) in [4.78, 5) is 0. The molecule has 0 nitrogen and oxygen atoms in total. The van der Waals surface area contributed by atoms with Crippen LogP contribution in [0.1, 0.15) is 0 Å².